The standard InChI is InChI=1S/C24H33F2N5O/c1-6-13-27-23(19(2)28-21-11-9-20(10-12-21)24(3,25)26)31-17-15-30(16-18-31)22(32)8-7-14-29(4)5/h6-13,28H,2,14-18H2,1,3-5H3/b8-7+,13-6-,27-23+. The summed E-state index contributed by atoms with van der Waals surface area (Å²) in [5.74, 6) is -2.22. The summed E-state index contributed by atoms with van der Waals surface area (Å²) in [6.07, 6.45) is 6.98. The molecule has 6 nitrogen and oxygen atoms in total. The van der Waals surface area contributed by atoms with E-state index in [-0.39, 0.29) is 11.5 Å². The zero-order valence-electron chi connectivity index (χ0n) is 19.3. The summed E-state index contributed by atoms with van der Waals surface area (Å²) in [6, 6.07) is 5.99. The lowest BCUT2D eigenvalue weighted by Gasteiger charge is -2.36. The quantitative estimate of drug-likeness (QED) is 0.374. The van der Waals surface area contributed by atoms with Crippen LogP contribution in [0.15, 0.2) is 66.0 Å². The number of hydrogen-bond acceptors (Lipinski definition) is 4. The number of amides is 1. The van der Waals surface area contributed by atoms with Crippen LogP contribution in [0, 0.1) is 0 Å². The first kappa shape index (κ1) is 25.3. The lowest BCUT2D eigenvalue weighted by atomic mass is 10.1. The number of amidine groups is 1. The molecule has 8 heteroatoms. The summed E-state index contributed by atoms with van der Waals surface area (Å²) in [5, 5.41) is 3.16. The first-order valence-corrected chi connectivity index (χ1v) is 10.6. The fraction of sp³-hybridized carbons (Fsp3) is 0.417. The van der Waals surface area contributed by atoms with Gasteiger partial charge in [0.25, 0.3) is 5.92 Å². The molecular weight excluding hydrogens is 412 g/mol. The van der Waals surface area contributed by atoms with Crippen molar-refractivity contribution < 1.29 is 13.6 Å². The number of alkyl halides is 2. The van der Waals surface area contributed by atoms with Crippen molar-refractivity contribution in [2.24, 2.45) is 4.99 Å². The number of anilines is 1. The van der Waals surface area contributed by atoms with E-state index in [1.807, 2.05) is 43.0 Å². The van der Waals surface area contributed by atoms with E-state index in [9.17, 15) is 13.6 Å². The first-order chi connectivity index (χ1) is 15.1. The predicted octanol–water partition coefficient (Wildman–Crippen LogP) is 3.92. The number of hydrogen-bond donors (Lipinski definition) is 1. The van der Waals surface area contributed by atoms with Crippen LogP contribution in [0.3, 0.4) is 0 Å². The lowest BCUT2D eigenvalue weighted by molar-refractivity contribution is -0.127. The van der Waals surface area contributed by atoms with Crippen molar-refractivity contribution in [3.8, 4) is 0 Å². The topological polar surface area (TPSA) is 51.2 Å². The highest BCUT2D eigenvalue weighted by Gasteiger charge is 2.25. The minimum absolute atomic E-state index is 0.00297. The summed E-state index contributed by atoms with van der Waals surface area (Å²) in [6.45, 7) is 9.95. The smallest absolute Gasteiger partial charge is 0.270 e. The molecule has 1 aromatic carbocycles. The molecule has 1 heterocycles. The van der Waals surface area contributed by atoms with Gasteiger partial charge in [-0.05, 0) is 33.2 Å². The molecule has 1 amide bonds. The van der Waals surface area contributed by atoms with Crippen LogP contribution in [0.4, 0.5) is 14.5 Å². The third-order valence-corrected chi connectivity index (χ3v) is 4.92. The first-order valence-electron chi connectivity index (χ1n) is 10.6. The fourth-order valence-corrected chi connectivity index (χ4v) is 3.18. The predicted molar refractivity (Wildman–Crippen MR) is 127 cm³/mol. The van der Waals surface area contributed by atoms with Crippen LogP contribution in [0.25, 0.3) is 0 Å². The number of carbonyl (C=O) groups is 1. The number of nitrogens with one attached hydrogen (secondary N) is 1. The zero-order chi connectivity index (χ0) is 23.7. The number of likely N-dealkylation sites (N-methyl/N-ethyl adjacent to an activating group) is 1. The van der Waals surface area contributed by atoms with Gasteiger partial charge in [0.1, 0.15) is 0 Å². The number of benzene rings is 1. The Labute approximate surface area is 189 Å². The lowest BCUT2D eigenvalue weighted by Crippen LogP contribution is -2.51. The summed E-state index contributed by atoms with van der Waals surface area (Å²) in [7, 11) is 3.90. The molecule has 0 bridgehead atoms. The maximum absolute atomic E-state index is 13.4. The SMILES string of the molecule is C=C(Nc1ccc(C(C)(F)F)cc1)/C(=N\C=C/C)N1CCN(C(=O)/C=C/CN(C)C)CC1. The fourth-order valence-electron chi connectivity index (χ4n) is 3.18. The summed E-state index contributed by atoms with van der Waals surface area (Å²) >= 11 is 0. The van der Waals surface area contributed by atoms with Gasteiger partial charge < -0.3 is 20.0 Å². The molecule has 0 aromatic heterocycles. The normalized spacial score (nSPS) is 15.8. The van der Waals surface area contributed by atoms with E-state index in [4.69, 9.17) is 0 Å². The molecule has 1 aliphatic rings. The van der Waals surface area contributed by atoms with Gasteiger partial charge in [0, 0.05) is 63.2 Å². The molecule has 1 saturated heterocycles. The van der Waals surface area contributed by atoms with E-state index in [2.05, 4.69) is 21.8 Å². The van der Waals surface area contributed by atoms with Gasteiger partial charge in [0.2, 0.25) is 5.91 Å². The Balaban J connectivity index is 2.02. The van der Waals surface area contributed by atoms with Crippen LogP contribution in [0.2, 0.25) is 0 Å². The van der Waals surface area contributed by atoms with Gasteiger partial charge in [-0.2, -0.15) is 0 Å². The van der Waals surface area contributed by atoms with Gasteiger partial charge in [-0.3, -0.25) is 4.79 Å². The Kier molecular flexibility index (Phi) is 9.13. The van der Waals surface area contributed by atoms with Crippen LogP contribution < -0.4 is 5.32 Å². The second-order valence-corrected chi connectivity index (χ2v) is 7.98. The van der Waals surface area contributed by atoms with E-state index in [1.165, 1.54) is 12.1 Å². The van der Waals surface area contributed by atoms with E-state index in [1.54, 1.807) is 24.4 Å². The molecule has 174 valence electrons. The molecule has 0 aliphatic carbocycles. The van der Waals surface area contributed by atoms with Crippen LogP contribution in [0.5, 0.6) is 0 Å². The van der Waals surface area contributed by atoms with Crippen molar-refractivity contribution in [3.05, 3.63) is 66.5 Å². The third-order valence-electron chi connectivity index (χ3n) is 4.92. The monoisotopic (exact) mass is 445 g/mol. The van der Waals surface area contributed by atoms with Gasteiger partial charge >= 0.3 is 0 Å². The van der Waals surface area contributed by atoms with Crippen molar-refractivity contribution >= 4 is 17.4 Å². The number of piperazine rings is 1. The molecule has 0 saturated carbocycles. The molecule has 0 unspecified atom stereocenters. The van der Waals surface area contributed by atoms with Crippen molar-refractivity contribution in [1.82, 2.24) is 14.7 Å². The number of allylic oxidation sites excluding steroid dienone is 1. The molecule has 0 radical (unpaired) electrons. The van der Waals surface area contributed by atoms with Crippen molar-refractivity contribution in [1.29, 1.82) is 0 Å². The Hall–Kier alpha value is -3.00. The number of halogens is 2. The Morgan fingerprint density at radius 1 is 1.19 bits per heavy atom. The summed E-state index contributed by atoms with van der Waals surface area (Å²) in [5.41, 5.74) is 1.16. The second-order valence-electron chi connectivity index (χ2n) is 7.98. The van der Waals surface area contributed by atoms with E-state index >= 15 is 0 Å². The Morgan fingerprint density at radius 3 is 2.31 bits per heavy atom. The molecular formula is C24H33F2N5O. The zero-order valence-corrected chi connectivity index (χ0v) is 19.3. The van der Waals surface area contributed by atoms with Gasteiger partial charge in [-0.1, -0.05) is 30.9 Å². The molecule has 1 N–H and O–H groups in total. The van der Waals surface area contributed by atoms with Crippen LogP contribution in [-0.4, -0.2) is 73.3 Å². The highest BCUT2D eigenvalue weighted by molar-refractivity contribution is 6.00. The van der Waals surface area contributed by atoms with E-state index in [0.29, 0.717) is 49.9 Å². The second kappa shape index (κ2) is 11.6. The van der Waals surface area contributed by atoms with Gasteiger partial charge in [0.15, 0.2) is 5.84 Å². The van der Waals surface area contributed by atoms with E-state index in [0.717, 1.165) is 6.92 Å². The van der Waals surface area contributed by atoms with Gasteiger partial charge in [-0.15, -0.1) is 0 Å². The Bertz CT molecular complexity index is 861. The molecule has 1 aromatic rings. The number of nitrogens with zero attached hydrogens (tertiary/aromatic N) is 4. The third kappa shape index (κ3) is 7.60. The highest BCUT2D eigenvalue weighted by atomic mass is 19.3. The number of aliphatic imine (C=N–C) groups is 1. The van der Waals surface area contributed by atoms with Gasteiger partial charge in [0.05, 0.1) is 5.70 Å². The number of rotatable bonds is 8. The molecule has 32 heavy (non-hydrogen) atoms. The molecule has 0 atom stereocenters. The largest absolute Gasteiger partial charge is 0.353 e. The average Bonchev–Trinajstić information content (AvgIpc) is 2.74. The maximum Gasteiger partial charge on any atom is 0.270 e. The van der Waals surface area contributed by atoms with Crippen molar-refractivity contribution in [2.75, 3.05) is 52.1 Å². The van der Waals surface area contributed by atoms with E-state index < -0.39 is 5.92 Å². The molecule has 1 aliphatic heterocycles. The molecule has 0 spiro atoms. The Morgan fingerprint density at radius 2 is 1.78 bits per heavy atom. The number of carbonyl (C=O) groups excluding carboxylic acids is 1. The van der Waals surface area contributed by atoms with Crippen LogP contribution >= 0.6 is 0 Å². The average molecular weight is 446 g/mol. The van der Waals surface area contributed by atoms with Crippen molar-refractivity contribution in [2.45, 2.75) is 19.8 Å². The summed E-state index contributed by atoms with van der Waals surface area (Å²) in [4.78, 5) is 22.8. The summed E-state index contributed by atoms with van der Waals surface area (Å²) < 4.78 is 26.9. The maximum atomic E-state index is 13.4. The van der Waals surface area contributed by atoms with Crippen LogP contribution in [0.1, 0.15) is 19.4 Å². The van der Waals surface area contributed by atoms with Crippen molar-refractivity contribution in [3.63, 3.8) is 0 Å². The minimum Gasteiger partial charge on any atom is -0.353 e. The van der Waals surface area contributed by atoms with Crippen LogP contribution in [-0.2, 0) is 10.7 Å². The molecule has 1 fully saturated rings. The minimum atomic E-state index is -2.88. The molecule has 2 rings (SSSR count). The highest BCUT2D eigenvalue weighted by Crippen LogP contribution is 2.28. The van der Waals surface area contributed by atoms with Gasteiger partial charge in [-0.25, -0.2) is 13.8 Å².